The Morgan fingerprint density at radius 1 is 1.00 bits per heavy atom. The molecule has 7 heteroatoms. The molecule has 29 heavy (non-hydrogen) atoms. The lowest BCUT2D eigenvalue weighted by Crippen LogP contribution is -2.42. The van der Waals surface area contributed by atoms with Crippen LogP contribution in [0, 0.1) is 6.92 Å². The summed E-state index contributed by atoms with van der Waals surface area (Å²) in [6, 6.07) is 17.1. The average Bonchev–Trinajstić information content (AvgIpc) is 2.75. The summed E-state index contributed by atoms with van der Waals surface area (Å²) in [7, 11) is 0. The van der Waals surface area contributed by atoms with Gasteiger partial charge in [0.2, 0.25) is 0 Å². The average molecular weight is 394 g/mol. The predicted octanol–water partition coefficient (Wildman–Crippen LogP) is 2.50. The van der Waals surface area contributed by atoms with Gasteiger partial charge in [0.15, 0.2) is 0 Å². The zero-order valence-electron chi connectivity index (χ0n) is 16.7. The maximum absolute atomic E-state index is 12.2. The summed E-state index contributed by atoms with van der Waals surface area (Å²) in [5, 5.41) is 6.80. The van der Waals surface area contributed by atoms with E-state index in [1.807, 2.05) is 56.3 Å². The van der Waals surface area contributed by atoms with Gasteiger partial charge in [0, 0.05) is 18.8 Å². The van der Waals surface area contributed by atoms with Gasteiger partial charge in [-0.2, -0.15) is 5.10 Å². The van der Waals surface area contributed by atoms with Crippen molar-refractivity contribution in [2.45, 2.75) is 19.9 Å². The highest BCUT2D eigenvalue weighted by Gasteiger charge is 2.25. The minimum absolute atomic E-state index is 0.0967. The number of hydrogen-bond donors (Lipinski definition) is 2. The molecular formula is C22H26N4O3. The molecule has 0 aliphatic carbocycles. The van der Waals surface area contributed by atoms with Crippen LogP contribution in [0.4, 0.5) is 5.69 Å². The zero-order valence-corrected chi connectivity index (χ0v) is 16.7. The van der Waals surface area contributed by atoms with Gasteiger partial charge in [-0.15, -0.1) is 0 Å². The lowest BCUT2D eigenvalue weighted by atomic mass is 10.0. The Bertz CT molecular complexity index is 859. The lowest BCUT2D eigenvalue weighted by molar-refractivity contribution is -0.136. The molecule has 1 fully saturated rings. The molecule has 3 rings (SSSR count). The van der Waals surface area contributed by atoms with Gasteiger partial charge in [-0.05, 0) is 31.5 Å². The molecule has 2 amide bonds. The number of amides is 2. The molecule has 7 nitrogen and oxygen atoms in total. The molecule has 1 saturated heterocycles. The van der Waals surface area contributed by atoms with E-state index in [1.54, 1.807) is 12.1 Å². The molecule has 0 radical (unpaired) electrons. The van der Waals surface area contributed by atoms with Crippen molar-refractivity contribution >= 4 is 23.2 Å². The first-order valence-corrected chi connectivity index (χ1v) is 9.63. The molecule has 1 aliphatic heterocycles. The summed E-state index contributed by atoms with van der Waals surface area (Å²) in [4.78, 5) is 26.6. The summed E-state index contributed by atoms with van der Waals surface area (Å²) in [5.74, 6) is -1.56. The first kappa shape index (κ1) is 20.7. The van der Waals surface area contributed by atoms with Crippen LogP contribution in [0.5, 0.6) is 0 Å². The SMILES string of the molecule is C/C(=N/NC(=O)C(=O)Nc1ccc(C)cc1)[C@H](c1ccccc1)N1CCOCC1. The molecule has 0 aromatic heterocycles. The van der Waals surface area contributed by atoms with Crippen LogP contribution < -0.4 is 10.7 Å². The third-order valence-corrected chi connectivity index (χ3v) is 4.77. The fraction of sp³-hybridized carbons (Fsp3) is 0.318. The van der Waals surface area contributed by atoms with E-state index >= 15 is 0 Å². The van der Waals surface area contributed by atoms with Crippen molar-refractivity contribution in [1.82, 2.24) is 10.3 Å². The number of carbonyl (C=O) groups excluding carboxylic acids is 2. The monoisotopic (exact) mass is 394 g/mol. The number of rotatable bonds is 5. The minimum atomic E-state index is -0.807. The van der Waals surface area contributed by atoms with E-state index in [0.29, 0.717) is 24.6 Å². The molecule has 0 unspecified atom stereocenters. The Labute approximate surface area is 170 Å². The van der Waals surface area contributed by atoms with Gasteiger partial charge in [0.05, 0.1) is 25.0 Å². The Hall–Kier alpha value is -3.03. The van der Waals surface area contributed by atoms with E-state index in [0.717, 1.165) is 24.2 Å². The normalized spacial score (nSPS) is 16.1. The van der Waals surface area contributed by atoms with E-state index in [1.165, 1.54) is 0 Å². The number of nitrogens with one attached hydrogen (secondary N) is 2. The number of carbonyl (C=O) groups is 2. The van der Waals surface area contributed by atoms with E-state index in [2.05, 4.69) is 20.7 Å². The Kier molecular flexibility index (Phi) is 7.10. The first-order chi connectivity index (χ1) is 14.0. The number of benzene rings is 2. The number of ether oxygens (including phenoxy) is 1. The van der Waals surface area contributed by atoms with Gasteiger partial charge in [0.1, 0.15) is 0 Å². The molecule has 1 atom stereocenters. The second-order valence-electron chi connectivity index (χ2n) is 6.98. The number of hydrazone groups is 1. The number of nitrogens with zero attached hydrogens (tertiary/aromatic N) is 2. The second kappa shape index (κ2) is 9.95. The highest BCUT2D eigenvalue weighted by molar-refractivity contribution is 6.39. The number of morpholine rings is 1. The van der Waals surface area contributed by atoms with Crippen LogP contribution in [0.25, 0.3) is 0 Å². The second-order valence-corrected chi connectivity index (χ2v) is 6.98. The Balaban J connectivity index is 1.68. The lowest BCUT2D eigenvalue weighted by Gasteiger charge is -2.34. The van der Waals surface area contributed by atoms with E-state index in [-0.39, 0.29) is 6.04 Å². The standard InChI is InChI=1S/C22H26N4O3/c1-16-8-10-19(11-9-16)23-21(27)22(28)25-24-17(2)20(18-6-4-3-5-7-18)26-12-14-29-15-13-26/h3-11,20H,12-15H2,1-2H3,(H,23,27)(H,25,28)/b24-17-/t20-/m1/s1. The quantitative estimate of drug-likeness (QED) is 0.464. The van der Waals surface area contributed by atoms with Gasteiger partial charge in [-0.1, -0.05) is 48.0 Å². The van der Waals surface area contributed by atoms with Crippen LogP contribution in [-0.4, -0.2) is 48.7 Å². The zero-order chi connectivity index (χ0) is 20.6. The smallest absolute Gasteiger partial charge is 0.329 e. The molecular weight excluding hydrogens is 368 g/mol. The van der Waals surface area contributed by atoms with Gasteiger partial charge < -0.3 is 10.1 Å². The maximum atomic E-state index is 12.2. The predicted molar refractivity (Wildman–Crippen MR) is 113 cm³/mol. The highest BCUT2D eigenvalue weighted by atomic mass is 16.5. The Morgan fingerprint density at radius 3 is 2.31 bits per heavy atom. The van der Waals surface area contributed by atoms with E-state index < -0.39 is 11.8 Å². The molecule has 152 valence electrons. The van der Waals surface area contributed by atoms with Gasteiger partial charge in [-0.25, -0.2) is 5.43 Å². The van der Waals surface area contributed by atoms with Crippen LogP contribution in [0.2, 0.25) is 0 Å². The van der Waals surface area contributed by atoms with Crippen molar-refractivity contribution in [2.24, 2.45) is 5.10 Å². The summed E-state index contributed by atoms with van der Waals surface area (Å²) in [6.45, 7) is 6.66. The molecule has 2 N–H and O–H groups in total. The minimum Gasteiger partial charge on any atom is -0.379 e. The van der Waals surface area contributed by atoms with Gasteiger partial charge in [0.25, 0.3) is 0 Å². The molecule has 0 bridgehead atoms. The maximum Gasteiger partial charge on any atom is 0.329 e. The summed E-state index contributed by atoms with van der Waals surface area (Å²) < 4.78 is 5.45. The number of anilines is 1. The fourth-order valence-electron chi connectivity index (χ4n) is 3.26. The summed E-state index contributed by atoms with van der Waals surface area (Å²) in [6.07, 6.45) is 0. The van der Waals surface area contributed by atoms with Crippen molar-refractivity contribution in [1.29, 1.82) is 0 Å². The van der Waals surface area contributed by atoms with Gasteiger partial charge >= 0.3 is 11.8 Å². The van der Waals surface area contributed by atoms with Crippen LogP contribution in [0.15, 0.2) is 59.7 Å². The molecule has 0 saturated carbocycles. The van der Waals surface area contributed by atoms with E-state index in [4.69, 9.17) is 4.74 Å². The van der Waals surface area contributed by atoms with Crippen LogP contribution in [0.3, 0.4) is 0 Å². The van der Waals surface area contributed by atoms with Crippen molar-refractivity contribution in [3.05, 3.63) is 65.7 Å². The van der Waals surface area contributed by atoms with E-state index in [9.17, 15) is 9.59 Å². The molecule has 2 aromatic rings. The molecule has 1 aliphatic rings. The summed E-state index contributed by atoms with van der Waals surface area (Å²) in [5.41, 5.74) is 5.80. The Morgan fingerprint density at radius 2 is 1.66 bits per heavy atom. The fourth-order valence-corrected chi connectivity index (χ4v) is 3.26. The van der Waals surface area contributed by atoms with Crippen molar-refractivity contribution in [3.63, 3.8) is 0 Å². The van der Waals surface area contributed by atoms with Gasteiger partial charge in [-0.3, -0.25) is 14.5 Å². The molecule has 1 heterocycles. The van der Waals surface area contributed by atoms with Crippen LogP contribution in [-0.2, 0) is 14.3 Å². The number of hydrogen-bond acceptors (Lipinski definition) is 5. The number of aryl methyl sites for hydroxylation is 1. The summed E-state index contributed by atoms with van der Waals surface area (Å²) >= 11 is 0. The molecule has 0 spiro atoms. The van der Waals surface area contributed by atoms with Crippen molar-refractivity contribution in [3.8, 4) is 0 Å². The molecule has 2 aromatic carbocycles. The third kappa shape index (κ3) is 5.73. The first-order valence-electron chi connectivity index (χ1n) is 9.63. The largest absolute Gasteiger partial charge is 0.379 e. The topological polar surface area (TPSA) is 83.0 Å². The van der Waals surface area contributed by atoms with Crippen LogP contribution in [0.1, 0.15) is 24.1 Å². The highest BCUT2D eigenvalue weighted by Crippen LogP contribution is 2.23. The van der Waals surface area contributed by atoms with Crippen LogP contribution >= 0.6 is 0 Å². The third-order valence-electron chi connectivity index (χ3n) is 4.77. The van der Waals surface area contributed by atoms with Crippen molar-refractivity contribution in [2.75, 3.05) is 31.6 Å². The van der Waals surface area contributed by atoms with Crippen molar-refractivity contribution < 1.29 is 14.3 Å².